The molecule has 1 aliphatic rings. The minimum atomic E-state index is -0.307. The van der Waals surface area contributed by atoms with Crippen LogP contribution >= 0.6 is 0 Å². The highest BCUT2D eigenvalue weighted by Crippen LogP contribution is 2.11. The lowest BCUT2D eigenvalue weighted by atomic mass is 9.99. The minimum absolute atomic E-state index is 0.0438. The molecule has 0 bridgehead atoms. The van der Waals surface area contributed by atoms with E-state index < -0.39 is 0 Å². The molecule has 1 aliphatic heterocycles. The summed E-state index contributed by atoms with van der Waals surface area (Å²) in [5.74, 6) is 0.133. The molecule has 0 atom stereocenters. The van der Waals surface area contributed by atoms with Gasteiger partial charge in [0.1, 0.15) is 0 Å². The first-order valence-corrected chi connectivity index (χ1v) is 6.93. The van der Waals surface area contributed by atoms with Gasteiger partial charge in [0.05, 0.1) is 0 Å². The summed E-state index contributed by atoms with van der Waals surface area (Å²) < 4.78 is 0. The van der Waals surface area contributed by atoms with Crippen LogP contribution in [-0.2, 0) is 4.79 Å². The van der Waals surface area contributed by atoms with Crippen molar-refractivity contribution in [3.8, 4) is 0 Å². The summed E-state index contributed by atoms with van der Waals surface area (Å²) in [6.07, 6.45) is 1.16. The Bertz CT molecular complexity index is 317. The van der Waals surface area contributed by atoms with E-state index in [2.05, 4.69) is 5.32 Å². The SMILES string of the molecule is CCNC(=O)N1CCN(C(=O)CCC(C)(C)N)CC1. The molecule has 0 spiro atoms. The lowest BCUT2D eigenvalue weighted by Crippen LogP contribution is -2.53. The quantitative estimate of drug-likeness (QED) is 0.775. The predicted octanol–water partition coefficient (Wildman–Crippen LogP) is 0.378. The number of amides is 3. The molecule has 1 fully saturated rings. The first-order valence-electron chi connectivity index (χ1n) is 6.93. The fourth-order valence-electron chi connectivity index (χ4n) is 2.01. The van der Waals surface area contributed by atoms with E-state index >= 15 is 0 Å². The van der Waals surface area contributed by atoms with Crippen molar-refractivity contribution in [2.45, 2.75) is 39.2 Å². The van der Waals surface area contributed by atoms with Crippen LogP contribution in [0.15, 0.2) is 0 Å². The summed E-state index contributed by atoms with van der Waals surface area (Å²) in [7, 11) is 0. The Morgan fingerprint density at radius 2 is 1.68 bits per heavy atom. The average molecular weight is 270 g/mol. The smallest absolute Gasteiger partial charge is 0.317 e. The number of carbonyl (C=O) groups excluding carboxylic acids is 2. The largest absolute Gasteiger partial charge is 0.339 e. The molecule has 0 aromatic carbocycles. The third-order valence-corrected chi connectivity index (χ3v) is 3.23. The van der Waals surface area contributed by atoms with Crippen molar-refractivity contribution in [2.24, 2.45) is 5.73 Å². The fraction of sp³-hybridized carbons (Fsp3) is 0.846. The number of carbonyl (C=O) groups is 2. The second-order valence-electron chi connectivity index (χ2n) is 5.69. The summed E-state index contributed by atoms with van der Waals surface area (Å²) in [6, 6.07) is -0.0438. The zero-order chi connectivity index (χ0) is 14.5. The highest BCUT2D eigenvalue weighted by molar-refractivity contribution is 5.77. The highest BCUT2D eigenvalue weighted by atomic mass is 16.2. The summed E-state index contributed by atoms with van der Waals surface area (Å²) in [4.78, 5) is 27.2. The molecule has 0 saturated carbocycles. The average Bonchev–Trinajstić information content (AvgIpc) is 2.35. The molecule has 0 aliphatic carbocycles. The Kier molecular flexibility index (Phi) is 5.60. The Balaban J connectivity index is 2.33. The van der Waals surface area contributed by atoms with Crippen molar-refractivity contribution < 1.29 is 9.59 Å². The lowest BCUT2D eigenvalue weighted by molar-refractivity contribution is -0.132. The molecule has 6 heteroatoms. The first kappa shape index (κ1) is 15.8. The van der Waals surface area contributed by atoms with Crippen LogP contribution < -0.4 is 11.1 Å². The number of rotatable bonds is 4. The maximum Gasteiger partial charge on any atom is 0.317 e. The second kappa shape index (κ2) is 6.75. The Hall–Kier alpha value is -1.30. The number of nitrogens with zero attached hydrogens (tertiary/aromatic N) is 2. The first-order chi connectivity index (χ1) is 8.83. The summed E-state index contributed by atoms with van der Waals surface area (Å²) in [6.45, 7) is 8.80. The van der Waals surface area contributed by atoms with E-state index in [1.807, 2.05) is 25.7 Å². The molecule has 6 nitrogen and oxygen atoms in total. The third kappa shape index (κ3) is 5.46. The molecule has 1 rings (SSSR count). The van der Waals surface area contributed by atoms with Crippen LogP contribution in [0.1, 0.15) is 33.6 Å². The van der Waals surface area contributed by atoms with Gasteiger partial charge < -0.3 is 20.9 Å². The summed E-state index contributed by atoms with van der Waals surface area (Å²) in [5.41, 5.74) is 5.57. The molecule has 19 heavy (non-hydrogen) atoms. The van der Waals surface area contributed by atoms with Crippen LogP contribution in [-0.4, -0.2) is 60.0 Å². The van der Waals surface area contributed by atoms with Crippen LogP contribution in [0.4, 0.5) is 4.79 Å². The van der Waals surface area contributed by atoms with Crippen LogP contribution in [0.3, 0.4) is 0 Å². The number of hydrogen-bond acceptors (Lipinski definition) is 3. The van der Waals surface area contributed by atoms with Gasteiger partial charge in [0.2, 0.25) is 5.91 Å². The zero-order valence-corrected chi connectivity index (χ0v) is 12.2. The van der Waals surface area contributed by atoms with Gasteiger partial charge in [-0.05, 0) is 27.2 Å². The van der Waals surface area contributed by atoms with E-state index in [1.54, 1.807) is 4.90 Å². The highest BCUT2D eigenvalue weighted by Gasteiger charge is 2.24. The van der Waals surface area contributed by atoms with Gasteiger partial charge in [-0.2, -0.15) is 0 Å². The predicted molar refractivity (Wildman–Crippen MR) is 74.7 cm³/mol. The molecular formula is C13H26N4O2. The van der Waals surface area contributed by atoms with E-state index in [-0.39, 0.29) is 17.5 Å². The van der Waals surface area contributed by atoms with Gasteiger partial charge in [-0.3, -0.25) is 4.79 Å². The van der Waals surface area contributed by atoms with E-state index in [4.69, 9.17) is 5.73 Å². The third-order valence-electron chi connectivity index (χ3n) is 3.23. The maximum atomic E-state index is 12.0. The number of urea groups is 1. The molecule has 1 heterocycles. The molecule has 3 N–H and O–H groups in total. The Morgan fingerprint density at radius 3 is 2.16 bits per heavy atom. The molecule has 1 saturated heterocycles. The topological polar surface area (TPSA) is 78.7 Å². The van der Waals surface area contributed by atoms with Gasteiger partial charge in [0, 0.05) is 44.7 Å². The van der Waals surface area contributed by atoms with Crippen LogP contribution in [0.25, 0.3) is 0 Å². The van der Waals surface area contributed by atoms with Gasteiger partial charge in [0.15, 0.2) is 0 Å². The fourth-order valence-corrected chi connectivity index (χ4v) is 2.01. The molecule has 0 aromatic rings. The normalized spacial score (nSPS) is 16.4. The molecular weight excluding hydrogens is 244 g/mol. The minimum Gasteiger partial charge on any atom is -0.339 e. The molecule has 3 amide bonds. The zero-order valence-electron chi connectivity index (χ0n) is 12.2. The van der Waals surface area contributed by atoms with Crippen LogP contribution in [0.5, 0.6) is 0 Å². The van der Waals surface area contributed by atoms with Gasteiger partial charge in [0.25, 0.3) is 0 Å². The van der Waals surface area contributed by atoms with Crippen molar-refractivity contribution >= 4 is 11.9 Å². The van der Waals surface area contributed by atoms with Crippen molar-refractivity contribution in [2.75, 3.05) is 32.7 Å². The van der Waals surface area contributed by atoms with E-state index in [1.165, 1.54) is 0 Å². The van der Waals surface area contributed by atoms with Crippen molar-refractivity contribution in [1.29, 1.82) is 0 Å². The van der Waals surface area contributed by atoms with Crippen molar-refractivity contribution in [3.63, 3.8) is 0 Å². The van der Waals surface area contributed by atoms with E-state index in [9.17, 15) is 9.59 Å². The number of nitrogens with one attached hydrogen (secondary N) is 1. The van der Waals surface area contributed by atoms with Crippen LogP contribution in [0, 0.1) is 0 Å². The molecule has 0 aromatic heterocycles. The molecule has 0 unspecified atom stereocenters. The monoisotopic (exact) mass is 270 g/mol. The number of nitrogens with two attached hydrogens (primary N) is 1. The van der Waals surface area contributed by atoms with E-state index in [0.29, 0.717) is 45.6 Å². The molecule has 110 valence electrons. The lowest BCUT2D eigenvalue weighted by Gasteiger charge is -2.35. The maximum absolute atomic E-state index is 12.0. The Morgan fingerprint density at radius 1 is 1.16 bits per heavy atom. The number of piperazine rings is 1. The van der Waals surface area contributed by atoms with Gasteiger partial charge >= 0.3 is 6.03 Å². The van der Waals surface area contributed by atoms with Crippen LogP contribution in [0.2, 0.25) is 0 Å². The van der Waals surface area contributed by atoms with Gasteiger partial charge in [-0.15, -0.1) is 0 Å². The van der Waals surface area contributed by atoms with E-state index in [0.717, 1.165) is 0 Å². The summed E-state index contributed by atoms with van der Waals surface area (Å²) in [5, 5.41) is 2.77. The van der Waals surface area contributed by atoms with Gasteiger partial charge in [-0.25, -0.2) is 4.79 Å². The van der Waals surface area contributed by atoms with Crippen molar-refractivity contribution in [3.05, 3.63) is 0 Å². The standard InChI is InChI=1S/C13H26N4O2/c1-4-15-12(19)17-9-7-16(8-10-17)11(18)5-6-13(2,3)14/h4-10,14H2,1-3H3,(H,15,19). The van der Waals surface area contributed by atoms with Crippen molar-refractivity contribution in [1.82, 2.24) is 15.1 Å². The number of hydrogen-bond donors (Lipinski definition) is 2. The second-order valence-corrected chi connectivity index (χ2v) is 5.69. The van der Waals surface area contributed by atoms with Gasteiger partial charge in [-0.1, -0.05) is 0 Å². The molecule has 0 radical (unpaired) electrons. The Labute approximate surface area is 115 Å². The summed E-state index contributed by atoms with van der Waals surface area (Å²) >= 11 is 0.